The summed E-state index contributed by atoms with van der Waals surface area (Å²) in [5, 5.41) is 0. The van der Waals surface area contributed by atoms with Crippen molar-refractivity contribution in [2.75, 3.05) is 6.61 Å². The molecule has 0 unspecified atom stereocenters. The van der Waals surface area contributed by atoms with E-state index in [4.69, 9.17) is 4.74 Å². The van der Waals surface area contributed by atoms with Gasteiger partial charge in [-0.05, 0) is 26.0 Å². The van der Waals surface area contributed by atoms with Crippen LogP contribution in [0.1, 0.15) is 23.1 Å². The summed E-state index contributed by atoms with van der Waals surface area (Å²) in [6, 6.07) is 11.8. The number of nitrogens with zero attached hydrogens (tertiary/aromatic N) is 2. The number of aromatic nitrogens is 2. The van der Waals surface area contributed by atoms with Gasteiger partial charge in [0.05, 0.1) is 12.3 Å². The average molecular weight is 245 g/mol. The van der Waals surface area contributed by atoms with E-state index < -0.39 is 0 Å². The van der Waals surface area contributed by atoms with Crippen molar-refractivity contribution >= 4 is 5.97 Å². The lowest BCUT2D eigenvalue weighted by Crippen LogP contribution is -2.43. The molecular formula is C14H17N2O2+. The Bertz CT molecular complexity index is 559. The summed E-state index contributed by atoms with van der Waals surface area (Å²) in [5.41, 5.74) is 2.57. The number of benzene rings is 1. The van der Waals surface area contributed by atoms with Crippen LogP contribution in [0.5, 0.6) is 0 Å². The van der Waals surface area contributed by atoms with Gasteiger partial charge in [-0.25, -0.2) is 4.79 Å². The number of hydrogen-bond donors (Lipinski definition) is 0. The molecule has 0 aliphatic rings. The lowest BCUT2D eigenvalue weighted by Gasteiger charge is -2.02. The molecule has 18 heavy (non-hydrogen) atoms. The Labute approximate surface area is 106 Å². The highest BCUT2D eigenvalue weighted by atomic mass is 16.5. The molecule has 1 heterocycles. The van der Waals surface area contributed by atoms with E-state index in [0.717, 1.165) is 11.4 Å². The largest absolute Gasteiger partial charge is 0.458 e. The zero-order valence-corrected chi connectivity index (χ0v) is 10.9. The molecule has 94 valence electrons. The monoisotopic (exact) mass is 245 g/mol. The standard InChI is InChI=1S/C14H17N2O2/c1-4-18-14(17)13-10-11(2)16(15(13)3)12-8-6-5-7-9-12/h5-10H,4H2,1-3H3/q+1. The first-order chi connectivity index (χ1) is 8.65. The van der Waals surface area contributed by atoms with Crippen LogP contribution in [-0.4, -0.2) is 17.3 Å². The predicted molar refractivity (Wildman–Crippen MR) is 67.6 cm³/mol. The number of para-hydroxylation sites is 1. The van der Waals surface area contributed by atoms with E-state index in [0.29, 0.717) is 12.3 Å². The maximum absolute atomic E-state index is 11.8. The molecule has 0 bridgehead atoms. The Balaban J connectivity index is 2.48. The second-order valence-corrected chi connectivity index (χ2v) is 4.06. The van der Waals surface area contributed by atoms with Crippen LogP contribution < -0.4 is 4.68 Å². The summed E-state index contributed by atoms with van der Waals surface area (Å²) in [4.78, 5) is 11.8. The molecule has 1 aromatic carbocycles. The minimum atomic E-state index is -0.294. The molecule has 0 aliphatic heterocycles. The smallest absolute Gasteiger partial charge is 0.406 e. The highest BCUT2D eigenvalue weighted by molar-refractivity contribution is 5.85. The van der Waals surface area contributed by atoms with Crippen LogP contribution in [-0.2, 0) is 11.8 Å². The normalized spacial score (nSPS) is 10.4. The number of carbonyl (C=O) groups is 1. The summed E-state index contributed by atoms with van der Waals surface area (Å²) in [7, 11) is 1.85. The summed E-state index contributed by atoms with van der Waals surface area (Å²) in [5.74, 6) is -0.294. The molecule has 4 nitrogen and oxygen atoms in total. The Morgan fingerprint density at radius 2 is 2.00 bits per heavy atom. The molecule has 2 aromatic rings. The third-order valence-electron chi connectivity index (χ3n) is 2.81. The van der Waals surface area contributed by atoms with E-state index in [1.54, 1.807) is 6.92 Å². The first kappa shape index (κ1) is 12.4. The molecule has 0 N–H and O–H groups in total. The number of aryl methyl sites for hydroxylation is 1. The van der Waals surface area contributed by atoms with Gasteiger partial charge in [0.15, 0.2) is 7.05 Å². The fourth-order valence-electron chi connectivity index (χ4n) is 2.04. The van der Waals surface area contributed by atoms with Gasteiger partial charge in [-0.2, -0.15) is 0 Å². The van der Waals surface area contributed by atoms with Gasteiger partial charge in [0.2, 0.25) is 0 Å². The van der Waals surface area contributed by atoms with Crippen LogP contribution in [0.25, 0.3) is 5.69 Å². The van der Waals surface area contributed by atoms with Crippen molar-refractivity contribution in [1.29, 1.82) is 0 Å². The van der Waals surface area contributed by atoms with Gasteiger partial charge in [-0.15, -0.1) is 4.68 Å². The van der Waals surface area contributed by atoms with Crippen LogP contribution in [0.4, 0.5) is 0 Å². The van der Waals surface area contributed by atoms with Gasteiger partial charge in [0.1, 0.15) is 5.69 Å². The van der Waals surface area contributed by atoms with Crippen molar-refractivity contribution in [1.82, 2.24) is 4.68 Å². The summed E-state index contributed by atoms with van der Waals surface area (Å²) < 4.78 is 8.83. The Kier molecular flexibility index (Phi) is 3.46. The summed E-state index contributed by atoms with van der Waals surface area (Å²) in [6.07, 6.45) is 0. The van der Waals surface area contributed by atoms with Crippen LogP contribution >= 0.6 is 0 Å². The van der Waals surface area contributed by atoms with Gasteiger partial charge in [-0.1, -0.05) is 22.9 Å². The zero-order chi connectivity index (χ0) is 13.1. The van der Waals surface area contributed by atoms with E-state index in [1.165, 1.54) is 0 Å². The minimum Gasteiger partial charge on any atom is -0.458 e. The number of rotatable bonds is 3. The first-order valence-corrected chi connectivity index (χ1v) is 5.96. The van der Waals surface area contributed by atoms with Crippen LogP contribution in [0, 0.1) is 6.92 Å². The average Bonchev–Trinajstić information content (AvgIpc) is 2.66. The topological polar surface area (TPSA) is 35.1 Å². The Morgan fingerprint density at radius 3 is 2.61 bits per heavy atom. The fraction of sp³-hybridized carbons (Fsp3) is 0.286. The van der Waals surface area contributed by atoms with Gasteiger partial charge < -0.3 is 4.74 Å². The van der Waals surface area contributed by atoms with E-state index in [1.807, 2.05) is 59.7 Å². The Hall–Kier alpha value is -2.10. The summed E-state index contributed by atoms with van der Waals surface area (Å²) in [6.45, 7) is 4.16. The highest BCUT2D eigenvalue weighted by Gasteiger charge is 2.25. The minimum absolute atomic E-state index is 0.294. The van der Waals surface area contributed by atoms with Crippen molar-refractivity contribution in [3.63, 3.8) is 0 Å². The Morgan fingerprint density at radius 1 is 1.33 bits per heavy atom. The maximum atomic E-state index is 11.8. The number of carbonyl (C=O) groups excluding carboxylic acids is 1. The molecule has 0 amide bonds. The van der Waals surface area contributed by atoms with Crippen molar-refractivity contribution in [2.45, 2.75) is 13.8 Å². The van der Waals surface area contributed by atoms with E-state index >= 15 is 0 Å². The molecule has 0 saturated carbocycles. The second-order valence-electron chi connectivity index (χ2n) is 4.06. The lowest BCUT2D eigenvalue weighted by atomic mass is 10.3. The number of esters is 1. The van der Waals surface area contributed by atoms with Crippen LogP contribution in [0.15, 0.2) is 36.4 Å². The van der Waals surface area contributed by atoms with E-state index in [9.17, 15) is 4.79 Å². The molecule has 0 atom stereocenters. The third kappa shape index (κ3) is 2.14. The lowest BCUT2D eigenvalue weighted by molar-refractivity contribution is -0.746. The third-order valence-corrected chi connectivity index (χ3v) is 2.81. The quantitative estimate of drug-likeness (QED) is 0.610. The SMILES string of the molecule is CCOC(=O)c1cc(C)n(-c2ccccc2)[n+]1C. The molecule has 1 aromatic heterocycles. The van der Waals surface area contributed by atoms with Gasteiger partial charge in [-0.3, -0.25) is 0 Å². The van der Waals surface area contributed by atoms with E-state index in [-0.39, 0.29) is 5.97 Å². The molecule has 0 fully saturated rings. The van der Waals surface area contributed by atoms with Gasteiger partial charge in [0.25, 0.3) is 0 Å². The number of hydrogen-bond acceptors (Lipinski definition) is 2. The van der Waals surface area contributed by atoms with Crippen LogP contribution in [0.2, 0.25) is 0 Å². The van der Waals surface area contributed by atoms with Gasteiger partial charge in [0, 0.05) is 6.07 Å². The zero-order valence-electron chi connectivity index (χ0n) is 10.9. The molecule has 4 heteroatoms. The highest BCUT2D eigenvalue weighted by Crippen LogP contribution is 2.10. The van der Waals surface area contributed by atoms with E-state index in [2.05, 4.69) is 0 Å². The fourth-order valence-corrected chi connectivity index (χ4v) is 2.04. The molecule has 0 radical (unpaired) electrons. The molecule has 2 rings (SSSR count). The molecule has 0 spiro atoms. The maximum Gasteiger partial charge on any atom is 0.406 e. The van der Waals surface area contributed by atoms with Crippen LogP contribution in [0.3, 0.4) is 0 Å². The molecule has 0 saturated heterocycles. The summed E-state index contributed by atoms with van der Waals surface area (Å²) >= 11 is 0. The van der Waals surface area contributed by atoms with Gasteiger partial charge >= 0.3 is 11.7 Å². The molecular weight excluding hydrogens is 228 g/mol. The second kappa shape index (κ2) is 5.04. The number of ether oxygens (including phenoxy) is 1. The van der Waals surface area contributed by atoms with Crippen molar-refractivity contribution in [3.05, 3.63) is 47.8 Å². The predicted octanol–water partition coefficient (Wildman–Crippen LogP) is 1.79. The van der Waals surface area contributed by atoms with Crippen molar-refractivity contribution in [2.24, 2.45) is 7.05 Å². The van der Waals surface area contributed by atoms with Crippen molar-refractivity contribution < 1.29 is 14.2 Å². The van der Waals surface area contributed by atoms with Crippen molar-refractivity contribution in [3.8, 4) is 5.69 Å². The molecule has 0 aliphatic carbocycles. The first-order valence-electron chi connectivity index (χ1n) is 5.96.